The first-order valence-corrected chi connectivity index (χ1v) is 8.81. The van der Waals surface area contributed by atoms with Crippen LogP contribution >= 0.6 is 0 Å². The molecule has 144 valence electrons. The van der Waals surface area contributed by atoms with Crippen LogP contribution in [0.1, 0.15) is 10.4 Å². The zero-order valence-electron chi connectivity index (χ0n) is 15.3. The summed E-state index contributed by atoms with van der Waals surface area (Å²) in [6.07, 6.45) is 4.17. The largest absolute Gasteiger partial charge is 0.437 e. The van der Waals surface area contributed by atoms with Gasteiger partial charge in [0.25, 0.3) is 5.91 Å². The minimum atomic E-state index is -0.330. The number of hydrogen-bond donors (Lipinski definition) is 2. The number of hydrogen-bond acceptors (Lipinski definition) is 6. The van der Waals surface area contributed by atoms with E-state index in [9.17, 15) is 9.59 Å². The summed E-state index contributed by atoms with van der Waals surface area (Å²) in [5.74, 6) is -0.00446. The maximum atomic E-state index is 12.6. The zero-order valence-corrected chi connectivity index (χ0v) is 15.3. The van der Waals surface area contributed by atoms with E-state index in [2.05, 4.69) is 32.9 Å². The normalized spacial score (nSPS) is 13.4. The lowest BCUT2D eigenvalue weighted by atomic mass is 10.0. The summed E-state index contributed by atoms with van der Waals surface area (Å²) in [7, 11) is 0. The Morgan fingerprint density at radius 2 is 2.24 bits per heavy atom. The molecule has 3 heterocycles. The Kier molecular flexibility index (Phi) is 4.66. The predicted molar refractivity (Wildman–Crippen MR) is 104 cm³/mol. The first-order valence-electron chi connectivity index (χ1n) is 8.81. The molecule has 1 aromatic carbocycles. The molecule has 4 rings (SSSR count). The number of nitrogens with one attached hydrogen (secondary N) is 2. The molecule has 0 radical (unpaired) electrons. The van der Waals surface area contributed by atoms with Gasteiger partial charge in [-0.2, -0.15) is 5.26 Å². The number of H-pyrrole nitrogens is 1. The van der Waals surface area contributed by atoms with Gasteiger partial charge >= 0.3 is 0 Å². The van der Waals surface area contributed by atoms with Crippen LogP contribution in [0.15, 0.2) is 49.3 Å². The third kappa shape index (κ3) is 3.64. The highest BCUT2D eigenvalue weighted by Crippen LogP contribution is 2.26. The predicted octanol–water partition coefficient (Wildman–Crippen LogP) is 2.47. The van der Waals surface area contributed by atoms with Gasteiger partial charge in [-0.3, -0.25) is 9.59 Å². The summed E-state index contributed by atoms with van der Waals surface area (Å²) < 4.78 is 5.75. The number of likely N-dealkylation sites (tertiary alicyclic amines) is 1. The maximum absolute atomic E-state index is 12.6. The fraction of sp³-hybridized carbons (Fsp3) is 0.150. The number of nitriles is 1. The molecular formula is C20H16N6O3. The number of amides is 2. The lowest BCUT2D eigenvalue weighted by Gasteiger charge is -2.34. The molecule has 9 heteroatoms. The molecule has 0 unspecified atom stereocenters. The number of anilines is 1. The summed E-state index contributed by atoms with van der Waals surface area (Å²) in [6.45, 7) is 4.24. The maximum Gasteiger partial charge on any atom is 0.257 e. The van der Waals surface area contributed by atoms with Gasteiger partial charge in [0.05, 0.1) is 23.7 Å². The van der Waals surface area contributed by atoms with Crippen molar-refractivity contribution in [1.82, 2.24) is 19.9 Å². The summed E-state index contributed by atoms with van der Waals surface area (Å²) in [4.78, 5) is 37.3. The van der Waals surface area contributed by atoms with E-state index in [-0.39, 0.29) is 23.6 Å². The highest BCUT2D eigenvalue weighted by Gasteiger charge is 2.32. The van der Waals surface area contributed by atoms with Crippen molar-refractivity contribution in [2.45, 2.75) is 0 Å². The molecule has 2 aromatic heterocycles. The van der Waals surface area contributed by atoms with Crippen LogP contribution < -0.4 is 10.1 Å². The minimum Gasteiger partial charge on any atom is -0.437 e. The Balaban J connectivity index is 1.56. The molecule has 9 nitrogen and oxygen atoms in total. The second-order valence-corrected chi connectivity index (χ2v) is 6.47. The minimum absolute atomic E-state index is 0.122. The Labute approximate surface area is 165 Å². The van der Waals surface area contributed by atoms with E-state index in [1.165, 1.54) is 12.3 Å². The first kappa shape index (κ1) is 18.2. The topological polar surface area (TPSA) is 124 Å². The summed E-state index contributed by atoms with van der Waals surface area (Å²) in [6, 6.07) is 8.93. The number of aromatic nitrogens is 3. The number of aromatic amines is 1. The molecule has 1 fully saturated rings. The van der Waals surface area contributed by atoms with Crippen molar-refractivity contribution in [2.75, 3.05) is 18.4 Å². The summed E-state index contributed by atoms with van der Waals surface area (Å²) >= 11 is 0. The lowest BCUT2D eigenvalue weighted by Crippen LogP contribution is -2.49. The van der Waals surface area contributed by atoms with E-state index >= 15 is 0 Å². The summed E-state index contributed by atoms with van der Waals surface area (Å²) in [5, 5.41) is 11.5. The molecule has 2 N–H and O–H groups in total. The highest BCUT2D eigenvalue weighted by molar-refractivity contribution is 6.04. The van der Waals surface area contributed by atoms with Gasteiger partial charge in [0.1, 0.15) is 11.3 Å². The number of rotatable bonds is 5. The number of carbonyl (C=O) groups excluding carboxylic acids is 2. The van der Waals surface area contributed by atoms with E-state index in [0.29, 0.717) is 41.3 Å². The Bertz CT molecular complexity index is 1160. The number of nitrogens with zero attached hydrogens (tertiary/aromatic N) is 4. The van der Waals surface area contributed by atoms with E-state index in [1.54, 1.807) is 35.4 Å². The summed E-state index contributed by atoms with van der Waals surface area (Å²) in [5.41, 5.74) is 1.78. The molecule has 29 heavy (non-hydrogen) atoms. The van der Waals surface area contributed by atoms with E-state index < -0.39 is 0 Å². The number of carbonyl (C=O) groups is 2. The van der Waals surface area contributed by atoms with Crippen molar-refractivity contribution in [3.63, 3.8) is 0 Å². The third-order valence-corrected chi connectivity index (χ3v) is 4.45. The van der Waals surface area contributed by atoms with Crippen LogP contribution in [-0.2, 0) is 4.79 Å². The van der Waals surface area contributed by atoms with Crippen LogP contribution in [0, 0.1) is 17.2 Å². The van der Waals surface area contributed by atoms with E-state index in [1.807, 2.05) is 0 Å². The van der Waals surface area contributed by atoms with Gasteiger partial charge in [-0.25, -0.2) is 9.97 Å². The van der Waals surface area contributed by atoms with Crippen molar-refractivity contribution in [1.29, 1.82) is 5.26 Å². The Hall–Kier alpha value is -4.19. The first-order chi connectivity index (χ1) is 14.1. The van der Waals surface area contributed by atoms with Gasteiger partial charge in [0, 0.05) is 31.0 Å². The second kappa shape index (κ2) is 7.44. The van der Waals surface area contributed by atoms with Gasteiger partial charge in [0.2, 0.25) is 11.8 Å². The van der Waals surface area contributed by atoms with Crippen molar-refractivity contribution >= 4 is 28.7 Å². The molecule has 2 amide bonds. The molecule has 0 atom stereocenters. The van der Waals surface area contributed by atoms with Gasteiger partial charge in [-0.15, -0.1) is 0 Å². The third-order valence-electron chi connectivity index (χ3n) is 4.45. The van der Waals surface area contributed by atoms with Crippen LogP contribution in [0.25, 0.3) is 11.2 Å². The van der Waals surface area contributed by atoms with Crippen LogP contribution in [-0.4, -0.2) is 44.8 Å². The van der Waals surface area contributed by atoms with Crippen LogP contribution in [0.3, 0.4) is 0 Å². The molecule has 1 aliphatic rings. The number of fused-ring (bicyclic) bond motifs is 1. The molecule has 0 spiro atoms. The van der Waals surface area contributed by atoms with Gasteiger partial charge in [-0.1, -0.05) is 12.6 Å². The molecule has 3 aromatic rings. The average Bonchev–Trinajstić information content (AvgIpc) is 3.10. The van der Waals surface area contributed by atoms with Crippen LogP contribution in [0.5, 0.6) is 11.6 Å². The van der Waals surface area contributed by atoms with Crippen molar-refractivity contribution in [3.8, 4) is 17.7 Å². The Morgan fingerprint density at radius 1 is 1.41 bits per heavy atom. The molecule has 1 saturated heterocycles. The fourth-order valence-corrected chi connectivity index (χ4v) is 2.94. The monoisotopic (exact) mass is 388 g/mol. The van der Waals surface area contributed by atoms with E-state index in [4.69, 9.17) is 10.00 Å². The molecule has 0 bridgehead atoms. The molecule has 1 aliphatic heterocycles. The smallest absolute Gasteiger partial charge is 0.257 e. The molecular weight excluding hydrogens is 372 g/mol. The average molecular weight is 388 g/mol. The Morgan fingerprint density at radius 3 is 3.00 bits per heavy atom. The number of benzene rings is 1. The number of ether oxygens (including phenoxy) is 1. The second-order valence-electron chi connectivity index (χ2n) is 6.47. The van der Waals surface area contributed by atoms with Gasteiger partial charge in [-0.05, 0) is 18.2 Å². The molecule has 0 saturated carbocycles. The van der Waals surface area contributed by atoms with Crippen molar-refractivity contribution in [3.05, 3.63) is 54.9 Å². The molecule has 0 aliphatic carbocycles. The zero-order chi connectivity index (χ0) is 20.4. The van der Waals surface area contributed by atoms with Crippen LogP contribution in [0.2, 0.25) is 0 Å². The van der Waals surface area contributed by atoms with Crippen molar-refractivity contribution in [2.24, 2.45) is 5.92 Å². The van der Waals surface area contributed by atoms with Gasteiger partial charge < -0.3 is 19.9 Å². The van der Waals surface area contributed by atoms with Crippen molar-refractivity contribution < 1.29 is 14.3 Å². The van der Waals surface area contributed by atoms with Crippen LogP contribution in [0.4, 0.5) is 5.69 Å². The fourth-order valence-electron chi connectivity index (χ4n) is 2.94. The SMILES string of the molecule is C=CC(=O)Nc1cccc(Oc2cnc3[nH]cc(C(=O)N4CC(C#N)C4)c3n2)c1. The van der Waals surface area contributed by atoms with E-state index in [0.717, 1.165) is 0 Å². The lowest BCUT2D eigenvalue weighted by molar-refractivity contribution is -0.111. The quantitative estimate of drug-likeness (QED) is 0.647. The standard InChI is InChI=1S/C20H16N6O3/c1-2-16(27)24-13-4-3-5-14(6-13)29-17-9-23-19-18(25-17)15(8-22-19)20(28)26-10-12(7-21)11-26/h2-6,8-9,12H,1,10-11H2,(H,22,23)(H,24,27). The van der Waals surface area contributed by atoms with Gasteiger partial charge in [0.15, 0.2) is 5.65 Å². The highest BCUT2D eigenvalue weighted by atomic mass is 16.5.